The molecule has 9 nitrogen and oxygen atoms in total. The van der Waals surface area contributed by atoms with Gasteiger partial charge in [-0.15, -0.1) is 0 Å². The number of fused-ring (bicyclic) bond motifs is 1. The van der Waals surface area contributed by atoms with Crippen LogP contribution >= 0.6 is 0 Å². The minimum absolute atomic E-state index is 0.215. The number of hydrogen-bond acceptors (Lipinski definition) is 5. The van der Waals surface area contributed by atoms with E-state index in [4.69, 9.17) is 0 Å². The second-order valence-electron chi connectivity index (χ2n) is 7.62. The maximum atomic E-state index is 12.7. The second-order valence-corrected chi connectivity index (χ2v) is 7.62. The fraction of sp³-hybridized carbons (Fsp3) is 0.318. The molecule has 31 heavy (non-hydrogen) atoms. The lowest BCUT2D eigenvalue weighted by Gasteiger charge is -2.29. The van der Waals surface area contributed by atoms with Crippen LogP contribution in [0.2, 0.25) is 0 Å². The molecule has 1 aromatic heterocycles. The van der Waals surface area contributed by atoms with Gasteiger partial charge < -0.3 is 10.2 Å². The van der Waals surface area contributed by atoms with Gasteiger partial charge in [0.05, 0.1) is 0 Å². The Morgan fingerprint density at radius 3 is 2.81 bits per heavy atom. The Labute approximate surface area is 178 Å². The van der Waals surface area contributed by atoms with Crippen molar-refractivity contribution in [2.75, 3.05) is 0 Å². The highest BCUT2D eigenvalue weighted by atomic mass is 16.2. The zero-order chi connectivity index (χ0) is 22.1. The van der Waals surface area contributed by atoms with Crippen LogP contribution < -0.4 is 10.6 Å². The molecule has 1 aromatic carbocycles. The molecule has 1 atom stereocenters. The molecule has 2 N–H and O–H groups in total. The molecule has 0 saturated carbocycles. The summed E-state index contributed by atoms with van der Waals surface area (Å²) in [7, 11) is 1.81. The number of rotatable bonds is 3. The average Bonchev–Trinajstić information content (AvgIpc) is 3.23. The van der Waals surface area contributed by atoms with E-state index in [9.17, 15) is 19.2 Å². The molecule has 2 aliphatic heterocycles. The summed E-state index contributed by atoms with van der Waals surface area (Å²) >= 11 is 0. The van der Waals surface area contributed by atoms with Gasteiger partial charge in [-0.1, -0.05) is 12.1 Å². The van der Waals surface area contributed by atoms with Crippen molar-refractivity contribution < 1.29 is 19.2 Å². The zero-order valence-corrected chi connectivity index (χ0v) is 17.2. The summed E-state index contributed by atoms with van der Waals surface area (Å²) < 4.78 is 1.69. The number of nitrogens with zero attached hydrogens (tertiary/aromatic N) is 3. The molecule has 1 saturated heterocycles. The number of carbonyl (C=O) groups excluding carboxylic acids is 4. The van der Waals surface area contributed by atoms with E-state index in [0.717, 1.165) is 16.8 Å². The summed E-state index contributed by atoms with van der Waals surface area (Å²) in [6, 6.07) is 6.46. The fourth-order valence-corrected chi connectivity index (χ4v) is 3.71. The summed E-state index contributed by atoms with van der Waals surface area (Å²) in [6.07, 6.45) is 0.536. The van der Waals surface area contributed by atoms with Crippen LogP contribution in [0.25, 0.3) is 0 Å². The van der Waals surface area contributed by atoms with E-state index < -0.39 is 17.9 Å². The number of aromatic nitrogens is 2. The largest absolute Gasteiger partial charge is 0.341 e. The van der Waals surface area contributed by atoms with E-state index in [1.165, 1.54) is 4.90 Å². The Morgan fingerprint density at radius 1 is 1.29 bits per heavy atom. The van der Waals surface area contributed by atoms with E-state index in [1.807, 2.05) is 13.0 Å². The topological polar surface area (TPSA) is 113 Å². The van der Waals surface area contributed by atoms with Crippen LogP contribution in [-0.2, 0) is 34.5 Å². The number of amides is 4. The van der Waals surface area contributed by atoms with Gasteiger partial charge in [-0.3, -0.25) is 29.2 Å². The molecule has 0 spiro atoms. The van der Waals surface area contributed by atoms with Crippen molar-refractivity contribution in [1.82, 2.24) is 25.3 Å². The Bertz CT molecular complexity index is 1150. The van der Waals surface area contributed by atoms with Crippen LogP contribution in [0.1, 0.15) is 45.7 Å². The van der Waals surface area contributed by atoms with Gasteiger partial charge in [-0.25, -0.2) is 0 Å². The Morgan fingerprint density at radius 2 is 2.10 bits per heavy atom. The lowest BCUT2D eigenvalue weighted by atomic mass is 10.0. The van der Waals surface area contributed by atoms with Crippen LogP contribution in [-0.4, -0.2) is 44.4 Å². The zero-order valence-electron chi connectivity index (χ0n) is 17.2. The third kappa shape index (κ3) is 4.19. The predicted octanol–water partition coefficient (Wildman–Crippen LogP) is 0.157. The number of imide groups is 1. The molecule has 158 valence electrons. The lowest BCUT2D eigenvalue weighted by molar-refractivity contribution is -0.137. The Kier molecular flexibility index (Phi) is 5.29. The second kappa shape index (κ2) is 8.07. The molecule has 2 aromatic rings. The van der Waals surface area contributed by atoms with Gasteiger partial charge in [0.15, 0.2) is 0 Å². The van der Waals surface area contributed by atoms with Crippen molar-refractivity contribution in [3.63, 3.8) is 0 Å². The lowest BCUT2D eigenvalue weighted by Crippen LogP contribution is -2.52. The number of carbonyl (C=O) groups is 4. The number of nitrogens with one attached hydrogen (secondary N) is 2. The minimum atomic E-state index is -0.647. The van der Waals surface area contributed by atoms with Crippen molar-refractivity contribution in [2.24, 2.45) is 7.05 Å². The first-order valence-corrected chi connectivity index (χ1v) is 9.89. The molecule has 0 radical (unpaired) electrons. The number of hydrogen-bond donors (Lipinski definition) is 2. The highest BCUT2D eigenvalue weighted by Gasteiger charge is 2.38. The van der Waals surface area contributed by atoms with Gasteiger partial charge >= 0.3 is 0 Å². The van der Waals surface area contributed by atoms with Crippen molar-refractivity contribution in [3.05, 3.63) is 52.3 Å². The standard InChI is InChI=1S/C22H21N5O4/c1-13-9-16(25-26(13)2)4-7-19(28)23-11-14-3-5-17-15(10-14)12-27(22(17)31)18-6-8-20(29)24-21(18)30/h3,5,9-10,18H,6,8,11-12H2,1-2H3,(H,23,28)(H,24,29,30). The van der Waals surface area contributed by atoms with Crippen LogP contribution in [0, 0.1) is 18.8 Å². The highest BCUT2D eigenvalue weighted by molar-refractivity contribution is 6.05. The number of benzene rings is 1. The van der Waals surface area contributed by atoms with E-state index in [1.54, 1.807) is 29.9 Å². The van der Waals surface area contributed by atoms with Gasteiger partial charge in [0.25, 0.3) is 11.8 Å². The molecule has 1 fully saturated rings. The summed E-state index contributed by atoms with van der Waals surface area (Å²) in [5, 5.41) is 9.20. The average molecular weight is 419 g/mol. The first-order valence-electron chi connectivity index (χ1n) is 9.89. The SMILES string of the molecule is Cc1cc(C#CC(=O)NCc2ccc3c(c2)CN(C2CCC(=O)NC2=O)C3=O)nn1C. The highest BCUT2D eigenvalue weighted by Crippen LogP contribution is 2.28. The first kappa shape index (κ1) is 20.3. The first-order chi connectivity index (χ1) is 14.8. The van der Waals surface area contributed by atoms with Crippen LogP contribution in [0.15, 0.2) is 24.3 Å². The molecule has 0 bridgehead atoms. The van der Waals surface area contributed by atoms with Crippen LogP contribution in [0.3, 0.4) is 0 Å². The third-order valence-corrected chi connectivity index (χ3v) is 5.46. The predicted molar refractivity (Wildman–Crippen MR) is 109 cm³/mol. The molecule has 4 rings (SSSR count). The Hall–Kier alpha value is -3.93. The monoisotopic (exact) mass is 419 g/mol. The van der Waals surface area contributed by atoms with Gasteiger partial charge in [-0.05, 0) is 42.5 Å². The van der Waals surface area contributed by atoms with Crippen molar-refractivity contribution >= 4 is 23.6 Å². The summed E-state index contributed by atoms with van der Waals surface area (Å²) in [4.78, 5) is 49.7. The molecule has 3 heterocycles. The van der Waals surface area contributed by atoms with Gasteiger partial charge in [-0.2, -0.15) is 5.10 Å². The van der Waals surface area contributed by atoms with E-state index >= 15 is 0 Å². The van der Waals surface area contributed by atoms with E-state index in [2.05, 4.69) is 27.6 Å². The van der Waals surface area contributed by atoms with Gasteiger partial charge in [0.1, 0.15) is 11.7 Å². The van der Waals surface area contributed by atoms with Crippen molar-refractivity contribution in [1.29, 1.82) is 0 Å². The van der Waals surface area contributed by atoms with Crippen molar-refractivity contribution in [2.45, 2.75) is 38.9 Å². The molecule has 0 aliphatic carbocycles. The molecule has 4 amide bonds. The molecular weight excluding hydrogens is 398 g/mol. The van der Waals surface area contributed by atoms with Crippen LogP contribution in [0.5, 0.6) is 0 Å². The molecular formula is C22H21N5O4. The molecule has 2 aliphatic rings. The molecule has 9 heteroatoms. The van der Waals surface area contributed by atoms with Gasteiger partial charge in [0, 0.05) is 43.7 Å². The maximum Gasteiger partial charge on any atom is 0.296 e. The van der Waals surface area contributed by atoms with E-state index in [0.29, 0.717) is 24.2 Å². The number of aryl methyl sites for hydroxylation is 2. The quantitative estimate of drug-likeness (QED) is 0.543. The third-order valence-electron chi connectivity index (χ3n) is 5.46. The van der Waals surface area contributed by atoms with E-state index in [-0.39, 0.29) is 24.8 Å². The smallest absolute Gasteiger partial charge is 0.296 e. The number of piperidine rings is 1. The van der Waals surface area contributed by atoms with Crippen LogP contribution in [0.4, 0.5) is 0 Å². The maximum absolute atomic E-state index is 12.7. The molecule has 1 unspecified atom stereocenters. The summed E-state index contributed by atoms with van der Waals surface area (Å²) in [6.45, 7) is 2.45. The summed E-state index contributed by atoms with van der Waals surface area (Å²) in [5.74, 6) is 3.84. The minimum Gasteiger partial charge on any atom is -0.341 e. The summed E-state index contributed by atoms with van der Waals surface area (Å²) in [5.41, 5.74) is 3.62. The van der Waals surface area contributed by atoms with Gasteiger partial charge in [0.2, 0.25) is 11.8 Å². The fourth-order valence-electron chi connectivity index (χ4n) is 3.71. The Balaban J connectivity index is 1.39. The normalized spacial score (nSPS) is 17.7. The van der Waals surface area contributed by atoms with Crippen molar-refractivity contribution in [3.8, 4) is 11.8 Å².